The number of nitro benzene ring substituents is 2. The van der Waals surface area contributed by atoms with Gasteiger partial charge in [0.2, 0.25) is 0 Å². The number of phenols is 1. The summed E-state index contributed by atoms with van der Waals surface area (Å²) in [6, 6.07) is 16.6. The van der Waals surface area contributed by atoms with Gasteiger partial charge in [0.1, 0.15) is 11.4 Å². The summed E-state index contributed by atoms with van der Waals surface area (Å²) >= 11 is 0. The SMILES string of the molecule is CCCN(CCC)c1cc(O)c(N=Nc2ccc([N+](=O)[O-])cc2[N+](=O)[O-])c2cc3ccccc3cc12. The van der Waals surface area contributed by atoms with E-state index in [1.165, 1.54) is 6.07 Å². The van der Waals surface area contributed by atoms with Crippen LogP contribution in [-0.4, -0.2) is 28.0 Å². The minimum Gasteiger partial charge on any atom is -0.506 e. The van der Waals surface area contributed by atoms with E-state index in [1.807, 2.05) is 36.4 Å². The molecule has 1 N–H and O–H groups in total. The first-order valence-electron chi connectivity index (χ1n) is 11.6. The Kier molecular flexibility index (Phi) is 7.05. The number of aromatic hydroxyl groups is 1. The molecule has 0 fully saturated rings. The highest BCUT2D eigenvalue weighted by molar-refractivity contribution is 6.10. The zero-order valence-electron chi connectivity index (χ0n) is 19.9. The van der Waals surface area contributed by atoms with Crippen molar-refractivity contribution in [2.24, 2.45) is 10.2 Å². The molecule has 0 amide bonds. The third-order valence-electron chi connectivity index (χ3n) is 5.88. The molecule has 0 aliphatic rings. The number of hydrogen-bond acceptors (Lipinski definition) is 8. The molecule has 4 aromatic rings. The van der Waals surface area contributed by atoms with Gasteiger partial charge in [-0.2, -0.15) is 0 Å². The van der Waals surface area contributed by atoms with Crippen LogP contribution in [0.15, 0.2) is 70.9 Å². The Morgan fingerprint density at radius 3 is 2.06 bits per heavy atom. The molecule has 10 nitrogen and oxygen atoms in total. The molecule has 0 aliphatic carbocycles. The van der Waals surface area contributed by atoms with Crippen LogP contribution in [0, 0.1) is 20.2 Å². The maximum Gasteiger partial charge on any atom is 0.303 e. The van der Waals surface area contributed by atoms with Crippen LogP contribution in [0.2, 0.25) is 0 Å². The van der Waals surface area contributed by atoms with Gasteiger partial charge in [-0.1, -0.05) is 38.1 Å². The minimum absolute atomic E-state index is 0.113. The molecule has 10 heteroatoms. The number of benzene rings is 4. The van der Waals surface area contributed by atoms with E-state index in [-0.39, 0.29) is 17.1 Å². The van der Waals surface area contributed by atoms with Crippen molar-refractivity contribution in [1.82, 2.24) is 0 Å². The first-order valence-corrected chi connectivity index (χ1v) is 11.6. The third kappa shape index (κ3) is 4.78. The van der Waals surface area contributed by atoms with Gasteiger partial charge in [-0.25, -0.2) is 0 Å². The summed E-state index contributed by atoms with van der Waals surface area (Å²) in [7, 11) is 0. The average Bonchev–Trinajstić information content (AvgIpc) is 2.86. The quantitative estimate of drug-likeness (QED) is 0.112. The second kappa shape index (κ2) is 10.3. The number of phenolic OH excluding ortho intramolecular Hbond substituents is 1. The van der Waals surface area contributed by atoms with Gasteiger partial charge in [0.05, 0.1) is 15.9 Å². The molecule has 0 heterocycles. The summed E-state index contributed by atoms with van der Waals surface area (Å²) < 4.78 is 0. The lowest BCUT2D eigenvalue weighted by atomic mass is 9.99. The fraction of sp³-hybridized carbons (Fsp3) is 0.231. The Bertz CT molecular complexity index is 1500. The van der Waals surface area contributed by atoms with Crippen LogP contribution in [0.25, 0.3) is 21.5 Å². The fourth-order valence-corrected chi connectivity index (χ4v) is 4.28. The molecule has 0 saturated heterocycles. The molecule has 4 rings (SSSR count). The molecule has 0 aromatic heterocycles. The van der Waals surface area contributed by atoms with Crippen LogP contribution in [0.5, 0.6) is 5.75 Å². The highest BCUT2D eigenvalue weighted by Crippen LogP contribution is 2.44. The molecule has 4 aromatic carbocycles. The summed E-state index contributed by atoms with van der Waals surface area (Å²) in [6.45, 7) is 5.82. The van der Waals surface area contributed by atoms with Crippen LogP contribution in [0.3, 0.4) is 0 Å². The van der Waals surface area contributed by atoms with Gasteiger partial charge in [0.25, 0.3) is 5.69 Å². The summed E-state index contributed by atoms with van der Waals surface area (Å²) in [5, 5.41) is 45.3. The van der Waals surface area contributed by atoms with Crippen LogP contribution >= 0.6 is 0 Å². The van der Waals surface area contributed by atoms with Gasteiger partial charge in [-0.15, -0.1) is 10.2 Å². The van der Waals surface area contributed by atoms with Gasteiger partial charge in [0, 0.05) is 41.7 Å². The lowest BCUT2D eigenvalue weighted by Crippen LogP contribution is -2.25. The largest absolute Gasteiger partial charge is 0.506 e. The molecule has 36 heavy (non-hydrogen) atoms. The second-order valence-corrected chi connectivity index (χ2v) is 8.38. The lowest BCUT2D eigenvalue weighted by Gasteiger charge is -2.26. The maximum atomic E-state index is 11.5. The van der Waals surface area contributed by atoms with E-state index < -0.39 is 21.2 Å². The Balaban J connectivity index is 1.94. The van der Waals surface area contributed by atoms with E-state index >= 15 is 0 Å². The Hall–Kier alpha value is -4.60. The van der Waals surface area contributed by atoms with Crippen LogP contribution in [0.4, 0.5) is 28.4 Å². The van der Waals surface area contributed by atoms with Crippen molar-refractivity contribution >= 4 is 50.0 Å². The maximum absolute atomic E-state index is 11.5. The van der Waals surface area contributed by atoms with Gasteiger partial charge in [0.15, 0.2) is 5.69 Å². The molecule has 0 saturated carbocycles. The predicted octanol–water partition coefficient (Wildman–Crippen LogP) is 7.56. The second-order valence-electron chi connectivity index (χ2n) is 8.38. The molecular weight excluding hydrogens is 462 g/mol. The third-order valence-corrected chi connectivity index (χ3v) is 5.88. The normalized spacial score (nSPS) is 11.4. The highest BCUT2D eigenvalue weighted by Gasteiger charge is 2.21. The number of fused-ring (bicyclic) bond motifs is 2. The monoisotopic (exact) mass is 487 g/mol. The van der Waals surface area contributed by atoms with Crippen molar-refractivity contribution in [1.29, 1.82) is 0 Å². The predicted molar refractivity (Wildman–Crippen MR) is 140 cm³/mol. The zero-order chi connectivity index (χ0) is 25.8. The number of rotatable bonds is 9. The van der Waals surface area contributed by atoms with Crippen molar-refractivity contribution in [3.63, 3.8) is 0 Å². The highest BCUT2D eigenvalue weighted by atomic mass is 16.6. The fourth-order valence-electron chi connectivity index (χ4n) is 4.28. The first kappa shape index (κ1) is 24.5. The number of nitro groups is 2. The van der Waals surface area contributed by atoms with Crippen molar-refractivity contribution in [2.75, 3.05) is 18.0 Å². The van der Waals surface area contributed by atoms with Crippen molar-refractivity contribution < 1.29 is 15.0 Å². The molecular formula is C26H25N5O5. The molecule has 0 spiro atoms. The summed E-state index contributed by atoms with van der Waals surface area (Å²) in [4.78, 5) is 23.3. The van der Waals surface area contributed by atoms with Crippen molar-refractivity contribution in [3.8, 4) is 5.75 Å². The standard InChI is InChI=1S/C26H25N5O5/c1-3-11-29(12-4-2)23-16-25(32)26(21-14-18-8-6-5-7-17(18)13-20(21)23)28-27-22-10-9-19(30(33)34)15-24(22)31(35)36/h5-10,13-16,32H,3-4,11-12H2,1-2H3. The Morgan fingerprint density at radius 1 is 0.833 bits per heavy atom. The number of azo groups is 1. The molecule has 0 atom stereocenters. The molecule has 0 bridgehead atoms. The van der Waals surface area contributed by atoms with Crippen LogP contribution in [-0.2, 0) is 0 Å². The minimum atomic E-state index is -0.747. The van der Waals surface area contributed by atoms with E-state index in [9.17, 15) is 25.3 Å². The summed E-state index contributed by atoms with van der Waals surface area (Å²) in [5.74, 6) is -0.113. The first-order chi connectivity index (χ1) is 17.3. The number of hydrogen-bond donors (Lipinski definition) is 1. The topological polar surface area (TPSA) is 134 Å². The summed E-state index contributed by atoms with van der Waals surface area (Å²) in [6.07, 6.45) is 1.86. The lowest BCUT2D eigenvalue weighted by molar-refractivity contribution is -0.393. The van der Waals surface area contributed by atoms with Gasteiger partial charge in [-0.05, 0) is 41.8 Å². The van der Waals surface area contributed by atoms with Crippen LogP contribution < -0.4 is 4.90 Å². The molecule has 0 radical (unpaired) electrons. The number of non-ortho nitro benzene ring substituents is 1. The summed E-state index contributed by atoms with van der Waals surface area (Å²) in [5.41, 5.74) is -0.0773. The van der Waals surface area contributed by atoms with E-state index in [2.05, 4.69) is 29.0 Å². The molecule has 184 valence electrons. The Morgan fingerprint density at radius 2 is 1.47 bits per heavy atom. The van der Waals surface area contributed by atoms with E-state index in [4.69, 9.17) is 0 Å². The number of anilines is 1. The van der Waals surface area contributed by atoms with Gasteiger partial charge in [-0.3, -0.25) is 20.2 Å². The number of nitrogens with zero attached hydrogens (tertiary/aromatic N) is 5. The zero-order valence-corrected chi connectivity index (χ0v) is 19.9. The smallest absolute Gasteiger partial charge is 0.303 e. The van der Waals surface area contributed by atoms with Crippen LogP contribution in [0.1, 0.15) is 26.7 Å². The van der Waals surface area contributed by atoms with E-state index in [0.29, 0.717) is 5.39 Å². The Labute approximate surface area is 206 Å². The van der Waals surface area contributed by atoms with E-state index in [0.717, 1.165) is 59.9 Å². The van der Waals surface area contributed by atoms with E-state index in [1.54, 1.807) is 6.07 Å². The van der Waals surface area contributed by atoms with Crippen molar-refractivity contribution in [2.45, 2.75) is 26.7 Å². The van der Waals surface area contributed by atoms with Gasteiger partial charge < -0.3 is 10.0 Å². The molecule has 0 aliphatic heterocycles. The molecule has 0 unspecified atom stereocenters. The van der Waals surface area contributed by atoms with Gasteiger partial charge >= 0.3 is 5.69 Å². The average molecular weight is 488 g/mol. The van der Waals surface area contributed by atoms with Crippen molar-refractivity contribution in [3.05, 3.63) is 80.9 Å².